The summed E-state index contributed by atoms with van der Waals surface area (Å²) in [7, 11) is 6.84. The van der Waals surface area contributed by atoms with Crippen LogP contribution in [0.2, 0.25) is 0 Å². The Bertz CT molecular complexity index is 1690. The molecule has 2 amide bonds. The van der Waals surface area contributed by atoms with Crippen molar-refractivity contribution >= 4 is 30.2 Å². The molecule has 0 aliphatic heterocycles. The molecule has 0 radical (unpaired) electrons. The van der Waals surface area contributed by atoms with Crippen LogP contribution in [0.25, 0.3) is 16.9 Å². The summed E-state index contributed by atoms with van der Waals surface area (Å²) in [4.78, 5) is 42.5. The highest BCUT2D eigenvalue weighted by Crippen LogP contribution is 2.58. The second-order valence-electron chi connectivity index (χ2n) is 14.4. The summed E-state index contributed by atoms with van der Waals surface area (Å²) < 4.78 is 13.2. The Hall–Kier alpha value is -4.09. The molecule has 0 spiro atoms. The number of carboxylic acid groups (broad SMARTS) is 1. The first-order valence-electron chi connectivity index (χ1n) is 17.4. The number of hydrogen-bond acceptors (Lipinski definition) is 7. The first-order chi connectivity index (χ1) is 23.5. The molecule has 4 aliphatic rings. The highest BCUT2D eigenvalue weighted by Gasteiger charge is 2.62. The van der Waals surface area contributed by atoms with Crippen LogP contribution in [0.4, 0.5) is 0 Å². The largest absolute Gasteiger partial charge is 0.496 e. The average molecular weight is 708 g/mol. The van der Waals surface area contributed by atoms with Gasteiger partial charge in [0.05, 0.1) is 31.2 Å². The van der Waals surface area contributed by atoms with Crippen LogP contribution in [0.1, 0.15) is 84.7 Å². The third-order valence-electron chi connectivity index (χ3n) is 11.1. The van der Waals surface area contributed by atoms with E-state index in [0.717, 1.165) is 44.2 Å². The van der Waals surface area contributed by atoms with E-state index in [0.29, 0.717) is 52.4 Å². The molecular formula is C38H50ClN5O6. The zero-order valence-electron chi connectivity index (χ0n) is 29.8. The molecule has 50 heavy (non-hydrogen) atoms. The maximum atomic E-state index is 14.3. The third-order valence-corrected chi connectivity index (χ3v) is 11.1. The number of carboxylic acids is 1. The number of benzene rings is 2. The zero-order valence-corrected chi connectivity index (χ0v) is 30.6. The Morgan fingerprint density at radius 2 is 1.62 bits per heavy atom. The SMILES string of the molecule is CNCCCN(C)C(=O)c1ccc(-n2nc(C(=O)NC3(C(=O)O)C4CC5CC(C4)CC3C5)cc2-c2c(OC)cccc2OC)c(C(C)C)c1.Cl. The summed E-state index contributed by atoms with van der Waals surface area (Å²) >= 11 is 0. The molecule has 4 fully saturated rings. The number of halogens is 1. The van der Waals surface area contributed by atoms with Gasteiger partial charge in [-0.2, -0.15) is 5.10 Å². The van der Waals surface area contributed by atoms with Crippen LogP contribution in [0.3, 0.4) is 0 Å². The summed E-state index contributed by atoms with van der Waals surface area (Å²) in [6.45, 7) is 5.53. The van der Waals surface area contributed by atoms with Gasteiger partial charge in [-0.25, -0.2) is 9.48 Å². The van der Waals surface area contributed by atoms with Crippen molar-refractivity contribution in [3.05, 3.63) is 59.3 Å². The zero-order chi connectivity index (χ0) is 35.0. The van der Waals surface area contributed by atoms with Crippen molar-refractivity contribution < 1.29 is 29.0 Å². The molecule has 270 valence electrons. The minimum atomic E-state index is -1.32. The van der Waals surface area contributed by atoms with E-state index in [1.807, 2.05) is 51.2 Å². The average Bonchev–Trinajstić information content (AvgIpc) is 3.53. The number of aliphatic carboxylic acids is 1. The number of nitrogens with zero attached hydrogens (tertiary/aromatic N) is 3. The number of hydrogen-bond donors (Lipinski definition) is 3. The Morgan fingerprint density at radius 3 is 2.16 bits per heavy atom. The van der Waals surface area contributed by atoms with Gasteiger partial charge in [-0.05, 0) is 124 Å². The van der Waals surface area contributed by atoms with Crippen LogP contribution in [-0.2, 0) is 4.79 Å². The van der Waals surface area contributed by atoms with Crippen molar-refractivity contribution in [3.8, 4) is 28.4 Å². The Kier molecular flexibility index (Phi) is 11.2. The van der Waals surface area contributed by atoms with Gasteiger partial charge >= 0.3 is 5.97 Å². The lowest BCUT2D eigenvalue weighted by molar-refractivity contribution is -0.163. The van der Waals surface area contributed by atoms with Gasteiger partial charge in [-0.3, -0.25) is 9.59 Å². The predicted octanol–water partition coefficient (Wildman–Crippen LogP) is 5.79. The second kappa shape index (κ2) is 15.0. The van der Waals surface area contributed by atoms with Crippen molar-refractivity contribution in [2.24, 2.45) is 23.7 Å². The minimum absolute atomic E-state index is 0. The molecule has 4 saturated carbocycles. The minimum Gasteiger partial charge on any atom is -0.496 e. The van der Waals surface area contributed by atoms with E-state index < -0.39 is 17.4 Å². The van der Waals surface area contributed by atoms with Gasteiger partial charge < -0.3 is 30.1 Å². The van der Waals surface area contributed by atoms with Crippen LogP contribution in [-0.4, -0.2) is 84.5 Å². The van der Waals surface area contributed by atoms with Crippen LogP contribution in [0, 0.1) is 23.7 Å². The van der Waals surface area contributed by atoms with E-state index in [-0.39, 0.29) is 41.8 Å². The summed E-state index contributed by atoms with van der Waals surface area (Å²) in [5.41, 5.74) is 2.03. The Morgan fingerprint density at radius 1 is 1.00 bits per heavy atom. The van der Waals surface area contributed by atoms with Gasteiger partial charge in [0.25, 0.3) is 11.8 Å². The molecule has 0 atom stereocenters. The maximum absolute atomic E-state index is 14.3. The van der Waals surface area contributed by atoms with Gasteiger partial charge in [0.15, 0.2) is 5.69 Å². The smallest absolute Gasteiger partial charge is 0.330 e. The van der Waals surface area contributed by atoms with Gasteiger partial charge in [-0.15, -0.1) is 12.4 Å². The van der Waals surface area contributed by atoms with Crippen molar-refractivity contribution in [2.45, 2.75) is 63.8 Å². The van der Waals surface area contributed by atoms with Gasteiger partial charge in [0, 0.05) is 19.2 Å². The molecule has 0 saturated heterocycles. The number of aromatic nitrogens is 2. The molecular weight excluding hydrogens is 658 g/mol. The fraction of sp³-hybridized carbons (Fsp3) is 0.526. The number of carbonyl (C=O) groups is 3. The van der Waals surface area contributed by atoms with Crippen molar-refractivity contribution in [3.63, 3.8) is 0 Å². The third kappa shape index (κ3) is 6.57. The predicted molar refractivity (Wildman–Crippen MR) is 194 cm³/mol. The lowest BCUT2D eigenvalue weighted by Gasteiger charge is -2.59. The van der Waals surface area contributed by atoms with E-state index in [1.54, 1.807) is 43.0 Å². The van der Waals surface area contributed by atoms with Crippen LogP contribution < -0.4 is 20.1 Å². The standard InChI is InChI=1S/C38H49N5O6.ClH/c1-22(2)28-20-25(36(45)42(4)14-8-13-39-3)11-12-30(28)43-31(34-32(48-5)9-7-10-33(34)49-6)21-29(41-43)35(44)40-38(37(46)47)26-16-23-15-24(18-26)19-27(38)17-23;/h7,9-12,20-24,26-27,39H,8,13-19H2,1-6H3,(H,40,44)(H,46,47);1H. The molecule has 4 bridgehead atoms. The summed E-state index contributed by atoms with van der Waals surface area (Å²) in [6, 6.07) is 12.7. The van der Waals surface area contributed by atoms with Gasteiger partial charge in [-0.1, -0.05) is 19.9 Å². The second-order valence-corrected chi connectivity index (χ2v) is 14.4. The van der Waals surface area contributed by atoms with E-state index in [9.17, 15) is 19.5 Å². The van der Waals surface area contributed by atoms with Gasteiger partial charge in [0.1, 0.15) is 17.0 Å². The molecule has 7 rings (SSSR count). The fourth-order valence-electron chi connectivity index (χ4n) is 8.90. The monoisotopic (exact) mass is 707 g/mol. The normalized spacial score (nSPS) is 23.3. The molecule has 0 unspecified atom stereocenters. The summed E-state index contributed by atoms with van der Waals surface area (Å²) in [5, 5.41) is 21.8. The number of methoxy groups -OCH3 is 2. The van der Waals surface area contributed by atoms with Crippen molar-refractivity contribution in [2.75, 3.05) is 41.4 Å². The summed E-state index contributed by atoms with van der Waals surface area (Å²) in [6.07, 6.45) is 5.30. The molecule has 1 aromatic heterocycles. The quantitative estimate of drug-likeness (QED) is 0.190. The maximum Gasteiger partial charge on any atom is 0.330 e. The van der Waals surface area contributed by atoms with Crippen LogP contribution >= 0.6 is 12.4 Å². The number of ether oxygens (including phenoxy) is 2. The molecule has 3 aromatic rings. The number of nitrogens with one attached hydrogen (secondary N) is 2. The fourth-order valence-corrected chi connectivity index (χ4v) is 8.90. The van der Waals surface area contributed by atoms with E-state index in [1.165, 1.54) is 6.42 Å². The number of rotatable bonds is 13. The van der Waals surface area contributed by atoms with E-state index in [2.05, 4.69) is 10.6 Å². The first-order valence-corrected chi connectivity index (χ1v) is 17.4. The molecule has 11 nitrogen and oxygen atoms in total. The molecule has 2 aromatic carbocycles. The van der Waals surface area contributed by atoms with Crippen LogP contribution in [0.5, 0.6) is 11.5 Å². The van der Waals surface area contributed by atoms with E-state index >= 15 is 0 Å². The topological polar surface area (TPSA) is 135 Å². The highest BCUT2D eigenvalue weighted by molar-refractivity contribution is 5.98. The Labute approximate surface area is 300 Å². The van der Waals surface area contributed by atoms with Crippen molar-refractivity contribution in [1.82, 2.24) is 25.3 Å². The summed E-state index contributed by atoms with van der Waals surface area (Å²) in [5.74, 6) is 0.351. The van der Waals surface area contributed by atoms with Crippen molar-refractivity contribution in [1.29, 1.82) is 0 Å². The number of amides is 2. The lowest BCUT2D eigenvalue weighted by Crippen LogP contribution is -2.70. The lowest BCUT2D eigenvalue weighted by atomic mass is 9.48. The number of carbonyl (C=O) groups excluding carboxylic acids is 2. The first kappa shape index (κ1) is 37.2. The molecule has 3 N–H and O–H groups in total. The molecule has 12 heteroatoms. The van der Waals surface area contributed by atoms with E-state index in [4.69, 9.17) is 14.6 Å². The Balaban J connectivity index is 0.00000486. The molecule has 1 heterocycles. The molecule has 4 aliphatic carbocycles. The van der Waals surface area contributed by atoms with Gasteiger partial charge in [0.2, 0.25) is 0 Å². The highest BCUT2D eigenvalue weighted by atomic mass is 35.5. The van der Waals surface area contributed by atoms with Crippen LogP contribution in [0.15, 0.2) is 42.5 Å².